The van der Waals surface area contributed by atoms with Gasteiger partial charge in [0.25, 0.3) is 11.5 Å². The van der Waals surface area contributed by atoms with E-state index in [2.05, 4.69) is 23.0 Å². The van der Waals surface area contributed by atoms with Gasteiger partial charge in [-0.05, 0) is 37.5 Å². The molecule has 1 aromatic carbocycles. The minimum absolute atomic E-state index is 0.128. The molecule has 2 atom stereocenters. The summed E-state index contributed by atoms with van der Waals surface area (Å²) in [5.41, 5.74) is 9.37. The van der Waals surface area contributed by atoms with Gasteiger partial charge in [0.1, 0.15) is 5.56 Å². The molecule has 2 N–H and O–H groups in total. The van der Waals surface area contributed by atoms with E-state index in [1.54, 1.807) is 19.0 Å². The first kappa shape index (κ1) is 18.4. The maximum absolute atomic E-state index is 12.9. The second kappa shape index (κ2) is 7.43. The molecule has 3 rings (SSSR count). The summed E-state index contributed by atoms with van der Waals surface area (Å²) in [6, 6.07) is 12.5. The predicted molar refractivity (Wildman–Crippen MR) is 102 cm³/mol. The molecule has 6 nitrogen and oxygen atoms in total. The van der Waals surface area contributed by atoms with Crippen molar-refractivity contribution in [1.82, 2.24) is 20.3 Å². The Morgan fingerprint density at radius 3 is 2.62 bits per heavy atom. The third-order valence-electron chi connectivity index (χ3n) is 5.11. The van der Waals surface area contributed by atoms with Gasteiger partial charge < -0.3 is 9.47 Å². The number of likely N-dealkylation sites (N-methyl/N-ethyl adjacent to an activating group) is 1. The van der Waals surface area contributed by atoms with Crippen LogP contribution in [0.1, 0.15) is 39.6 Å². The first-order valence-corrected chi connectivity index (χ1v) is 8.87. The van der Waals surface area contributed by atoms with Crippen LogP contribution in [-0.2, 0) is 7.05 Å². The van der Waals surface area contributed by atoms with Crippen molar-refractivity contribution in [3.8, 4) is 0 Å². The molecule has 2 heterocycles. The minimum atomic E-state index is -0.237. The largest absolute Gasteiger partial charge is 0.340 e. The Morgan fingerprint density at radius 2 is 1.92 bits per heavy atom. The lowest BCUT2D eigenvalue weighted by Crippen LogP contribution is -2.43. The molecule has 0 spiro atoms. The van der Waals surface area contributed by atoms with Crippen molar-refractivity contribution < 1.29 is 4.79 Å². The zero-order valence-electron chi connectivity index (χ0n) is 15.7. The topological polar surface area (TPSA) is 66.4 Å². The van der Waals surface area contributed by atoms with E-state index in [9.17, 15) is 9.59 Å². The van der Waals surface area contributed by atoms with Crippen LogP contribution in [0.5, 0.6) is 0 Å². The van der Waals surface area contributed by atoms with Crippen molar-refractivity contribution in [2.75, 3.05) is 13.6 Å². The van der Waals surface area contributed by atoms with Crippen LogP contribution in [0.3, 0.4) is 0 Å². The molecule has 0 radical (unpaired) electrons. The van der Waals surface area contributed by atoms with Gasteiger partial charge in [-0.15, -0.1) is 0 Å². The van der Waals surface area contributed by atoms with Gasteiger partial charge in [0.2, 0.25) is 0 Å². The summed E-state index contributed by atoms with van der Waals surface area (Å²) in [5.74, 6) is -0.229. The lowest BCUT2D eigenvalue weighted by molar-refractivity contribution is 0.0779. The van der Waals surface area contributed by atoms with Crippen LogP contribution in [0, 0.1) is 13.8 Å². The second-order valence-corrected chi connectivity index (χ2v) is 7.08. The first-order chi connectivity index (χ1) is 12.4. The minimum Gasteiger partial charge on any atom is -0.340 e. The SMILES string of the molecule is Cc1cc(C)n(C)c(=O)c1C(=O)N(C)CC1CC(c2ccccc2)NN1. The van der Waals surface area contributed by atoms with Crippen LogP contribution in [-0.4, -0.2) is 35.0 Å². The number of carbonyl (C=O) groups is 1. The average molecular weight is 354 g/mol. The highest BCUT2D eigenvalue weighted by Crippen LogP contribution is 2.22. The zero-order valence-corrected chi connectivity index (χ0v) is 15.7. The smallest absolute Gasteiger partial charge is 0.263 e. The van der Waals surface area contributed by atoms with E-state index in [1.807, 2.05) is 38.1 Å². The Balaban J connectivity index is 1.70. The maximum atomic E-state index is 12.9. The molecular weight excluding hydrogens is 328 g/mol. The lowest BCUT2D eigenvalue weighted by Gasteiger charge is -2.22. The van der Waals surface area contributed by atoms with Gasteiger partial charge in [-0.2, -0.15) is 0 Å². The van der Waals surface area contributed by atoms with E-state index >= 15 is 0 Å². The Hall–Kier alpha value is -2.44. The van der Waals surface area contributed by atoms with Crippen molar-refractivity contribution in [2.24, 2.45) is 7.05 Å². The molecule has 138 valence electrons. The van der Waals surface area contributed by atoms with Crippen LogP contribution in [0.25, 0.3) is 0 Å². The molecule has 1 aromatic heterocycles. The third-order valence-corrected chi connectivity index (χ3v) is 5.11. The van der Waals surface area contributed by atoms with E-state index in [1.165, 1.54) is 10.1 Å². The standard InChI is InChI=1S/C20H26N4O2/c1-13-10-14(2)24(4)20(26)18(13)19(25)23(3)12-16-11-17(22-21-16)15-8-6-5-7-9-15/h5-10,16-17,21-22H,11-12H2,1-4H3. The van der Waals surface area contributed by atoms with E-state index in [0.29, 0.717) is 6.54 Å². The van der Waals surface area contributed by atoms with Gasteiger partial charge in [0.15, 0.2) is 0 Å². The molecule has 1 fully saturated rings. The maximum Gasteiger partial charge on any atom is 0.263 e. The summed E-state index contributed by atoms with van der Waals surface area (Å²) in [7, 11) is 3.44. The van der Waals surface area contributed by atoms with E-state index in [4.69, 9.17) is 0 Å². The summed E-state index contributed by atoms with van der Waals surface area (Å²) >= 11 is 0. The van der Waals surface area contributed by atoms with Crippen LogP contribution in [0.2, 0.25) is 0 Å². The fourth-order valence-electron chi connectivity index (χ4n) is 3.49. The number of benzene rings is 1. The number of carbonyl (C=O) groups excluding carboxylic acids is 1. The van der Waals surface area contributed by atoms with Crippen LogP contribution < -0.4 is 16.4 Å². The summed E-state index contributed by atoms with van der Waals surface area (Å²) < 4.78 is 1.52. The Labute approximate surface area is 153 Å². The highest BCUT2D eigenvalue weighted by Gasteiger charge is 2.28. The Kier molecular flexibility index (Phi) is 5.25. The fraction of sp³-hybridized carbons (Fsp3) is 0.400. The van der Waals surface area contributed by atoms with Crippen molar-refractivity contribution >= 4 is 5.91 Å². The molecule has 1 amide bonds. The van der Waals surface area contributed by atoms with Gasteiger partial charge in [-0.1, -0.05) is 30.3 Å². The monoisotopic (exact) mass is 354 g/mol. The lowest BCUT2D eigenvalue weighted by atomic mass is 10.0. The summed E-state index contributed by atoms with van der Waals surface area (Å²) in [6.07, 6.45) is 0.881. The average Bonchev–Trinajstić information content (AvgIpc) is 3.09. The summed E-state index contributed by atoms with van der Waals surface area (Å²) in [4.78, 5) is 27.0. The summed E-state index contributed by atoms with van der Waals surface area (Å²) in [6.45, 7) is 4.21. The Morgan fingerprint density at radius 1 is 1.23 bits per heavy atom. The van der Waals surface area contributed by atoms with Crippen molar-refractivity contribution in [3.63, 3.8) is 0 Å². The van der Waals surface area contributed by atoms with Crippen LogP contribution in [0.15, 0.2) is 41.2 Å². The number of pyridine rings is 1. The highest BCUT2D eigenvalue weighted by atomic mass is 16.2. The molecule has 1 aliphatic rings. The Bertz CT molecular complexity index is 860. The molecule has 0 bridgehead atoms. The number of nitrogens with one attached hydrogen (secondary N) is 2. The van der Waals surface area contributed by atoms with E-state index in [0.717, 1.165) is 17.7 Å². The second-order valence-electron chi connectivity index (χ2n) is 7.08. The zero-order chi connectivity index (χ0) is 18.8. The first-order valence-electron chi connectivity index (χ1n) is 8.87. The van der Waals surface area contributed by atoms with Gasteiger partial charge in [-0.25, -0.2) is 5.43 Å². The number of aromatic nitrogens is 1. The van der Waals surface area contributed by atoms with Gasteiger partial charge in [0.05, 0.1) is 0 Å². The normalized spacial score (nSPS) is 19.5. The number of nitrogens with zero attached hydrogens (tertiary/aromatic N) is 2. The molecule has 0 aliphatic carbocycles. The summed E-state index contributed by atoms with van der Waals surface area (Å²) in [5, 5.41) is 0. The van der Waals surface area contributed by atoms with Crippen molar-refractivity contribution in [1.29, 1.82) is 0 Å². The third kappa shape index (κ3) is 3.57. The predicted octanol–water partition coefficient (Wildman–Crippen LogP) is 1.68. The number of aryl methyl sites for hydroxylation is 2. The molecule has 1 saturated heterocycles. The molecule has 0 saturated carbocycles. The van der Waals surface area contributed by atoms with E-state index < -0.39 is 0 Å². The van der Waals surface area contributed by atoms with Crippen LogP contribution in [0.4, 0.5) is 0 Å². The molecule has 6 heteroatoms. The molecular formula is C20H26N4O2. The number of hydrogen-bond acceptors (Lipinski definition) is 4. The highest BCUT2D eigenvalue weighted by molar-refractivity contribution is 5.95. The quantitative estimate of drug-likeness (QED) is 0.877. The van der Waals surface area contributed by atoms with Crippen molar-refractivity contribution in [2.45, 2.75) is 32.4 Å². The van der Waals surface area contributed by atoms with Gasteiger partial charge in [-0.3, -0.25) is 15.0 Å². The van der Waals surface area contributed by atoms with Gasteiger partial charge >= 0.3 is 0 Å². The number of hydrogen-bond donors (Lipinski definition) is 2. The molecule has 2 unspecified atom stereocenters. The van der Waals surface area contributed by atoms with Gasteiger partial charge in [0, 0.05) is 38.4 Å². The fourth-order valence-corrected chi connectivity index (χ4v) is 3.49. The van der Waals surface area contributed by atoms with E-state index in [-0.39, 0.29) is 29.1 Å². The molecule has 1 aliphatic heterocycles. The number of hydrazine groups is 1. The molecule has 2 aromatic rings. The van der Waals surface area contributed by atoms with Crippen LogP contribution >= 0.6 is 0 Å². The number of rotatable bonds is 4. The molecule has 26 heavy (non-hydrogen) atoms. The number of amides is 1. The van der Waals surface area contributed by atoms with Crippen molar-refractivity contribution in [3.05, 3.63) is 69.1 Å².